The zero-order valence-electron chi connectivity index (χ0n) is 10.9. The van der Waals surface area contributed by atoms with Gasteiger partial charge >= 0.3 is 0 Å². The Kier molecular flexibility index (Phi) is 3.08. The number of rotatable bonds is 4. The topological polar surface area (TPSA) is 32.3 Å². The van der Waals surface area contributed by atoms with Crippen LogP contribution < -0.4 is 5.32 Å². The molecule has 96 valence electrons. The van der Waals surface area contributed by atoms with Crippen molar-refractivity contribution in [3.63, 3.8) is 0 Å². The van der Waals surface area contributed by atoms with Crippen molar-refractivity contribution in [1.82, 2.24) is 10.2 Å². The van der Waals surface area contributed by atoms with E-state index in [0.29, 0.717) is 6.54 Å². The lowest BCUT2D eigenvalue weighted by atomic mass is 10.1. The quantitative estimate of drug-likeness (QED) is 0.879. The first kappa shape index (κ1) is 11.7. The third-order valence-electron chi connectivity index (χ3n) is 3.93. The highest BCUT2D eigenvalue weighted by Gasteiger charge is 2.35. The number of benzene rings is 1. The van der Waals surface area contributed by atoms with Crippen LogP contribution in [-0.2, 0) is 11.2 Å². The van der Waals surface area contributed by atoms with Crippen LogP contribution in [0.15, 0.2) is 24.3 Å². The van der Waals surface area contributed by atoms with Gasteiger partial charge in [0.1, 0.15) is 6.17 Å². The Morgan fingerprint density at radius 1 is 1.28 bits per heavy atom. The van der Waals surface area contributed by atoms with Gasteiger partial charge in [0.2, 0.25) is 5.91 Å². The number of amides is 1. The van der Waals surface area contributed by atoms with Crippen LogP contribution in [0, 0.1) is 5.92 Å². The molecule has 2 fully saturated rings. The van der Waals surface area contributed by atoms with E-state index < -0.39 is 0 Å². The van der Waals surface area contributed by atoms with Crippen molar-refractivity contribution in [3.05, 3.63) is 35.4 Å². The van der Waals surface area contributed by atoms with Crippen LogP contribution in [0.5, 0.6) is 0 Å². The molecule has 0 radical (unpaired) electrons. The van der Waals surface area contributed by atoms with Gasteiger partial charge in [0.25, 0.3) is 0 Å². The Morgan fingerprint density at radius 3 is 2.61 bits per heavy atom. The average Bonchev–Trinajstić information content (AvgIpc) is 3.15. The summed E-state index contributed by atoms with van der Waals surface area (Å²) in [4.78, 5) is 13.9. The van der Waals surface area contributed by atoms with E-state index in [2.05, 4.69) is 36.5 Å². The minimum absolute atomic E-state index is 0.0870. The lowest BCUT2D eigenvalue weighted by Crippen LogP contribution is -2.32. The monoisotopic (exact) mass is 244 g/mol. The first-order valence-corrected chi connectivity index (χ1v) is 6.89. The van der Waals surface area contributed by atoms with Crippen LogP contribution in [0.3, 0.4) is 0 Å². The molecule has 0 spiro atoms. The third-order valence-corrected chi connectivity index (χ3v) is 3.93. The molecule has 2 aliphatic rings. The van der Waals surface area contributed by atoms with Gasteiger partial charge in [-0.1, -0.05) is 31.2 Å². The minimum atomic E-state index is 0.0870. The zero-order valence-corrected chi connectivity index (χ0v) is 10.9. The summed E-state index contributed by atoms with van der Waals surface area (Å²) in [5.74, 6) is 0.984. The minimum Gasteiger partial charge on any atom is -0.322 e. The van der Waals surface area contributed by atoms with Gasteiger partial charge in [-0.3, -0.25) is 10.1 Å². The number of nitrogens with one attached hydrogen (secondary N) is 1. The average molecular weight is 244 g/mol. The van der Waals surface area contributed by atoms with Gasteiger partial charge in [-0.05, 0) is 36.3 Å². The maximum atomic E-state index is 11.9. The molecule has 1 atom stereocenters. The van der Waals surface area contributed by atoms with Gasteiger partial charge in [0, 0.05) is 6.54 Å². The predicted octanol–water partition coefficient (Wildman–Crippen LogP) is 2.09. The largest absolute Gasteiger partial charge is 0.322 e. The smallest absolute Gasteiger partial charge is 0.238 e. The summed E-state index contributed by atoms with van der Waals surface area (Å²) < 4.78 is 0. The Labute approximate surface area is 108 Å². The fraction of sp³-hybridized carbons (Fsp3) is 0.533. The Morgan fingerprint density at radius 2 is 2.00 bits per heavy atom. The summed E-state index contributed by atoms with van der Waals surface area (Å²) in [5, 5.41) is 3.32. The number of aryl methyl sites for hydroxylation is 1. The summed E-state index contributed by atoms with van der Waals surface area (Å²) in [6.45, 7) is 3.56. The van der Waals surface area contributed by atoms with Gasteiger partial charge in [-0.25, -0.2) is 0 Å². The summed E-state index contributed by atoms with van der Waals surface area (Å²) in [6, 6.07) is 8.62. The molecule has 1 saturated carbocycles. The van der Waals surface area contributed by atoms with Gasteiger partial charge in [0.15, 0.2) is 0 Å². The second-order valence-corrected chi connectivity index (χ2v) is 5.37. The number of carbonyl (C=O) groups excluding carboxylic acids is 1. The normalized spacial score (nSPS) is 23.7. The van der Waals surface area contributed by atoms with E-state index in [1.54, 1.807) is 0 Å². The van der Waals surface area contributed by atoms with Crippen molar-refractivity contribution in [1.29, 1.82) is 0 Å². The van der Waals surface area contributed by atoms with E-state index in [1.165, 1.54) is 24.0 Å². The molecule has 1 aliphatic carbocycles. The number of hydrogen-bond donors (Lipinski definition) is 1. The summed E-state index contributed by atoms with van der Waals surface area (Å²) in [7, 11) is 0. The van der Waals surface area contributed by atoms with E-state index in [1.807, 2.05) is 4.90 Å². The van der Waals surface area contributed by atoms with Crippen LogP contribution in [0.4, 0.5) is 0 Å². The summed E-state index contributed by atoms with van der Waals surface area (Å²) >= 11 is 0. The number of carbonyl (C=O) groups is 1. The molecular weight excluding hydrogens is 224 g/mol. The molecule has 1 heterocycles. The molecule has 1 unspecified atom stereocenters. The van der Waals surface area contributed by atoms with Crippen molar-refractivity contribution in [3.8, 4) is 0 Å². The first-order chi connectivity index (χ1) is 8.78. The fourth-order valence-corrected chi connectivity index (χ4v) is 2.56. The van der Waals surface area contributed by atoms with E-state index in [4.69, 9.17) is 0 Å². The molecule has 1 aliphatic heterocycles. The van der Waals surface area contributed by atoms with Crippen molar-refractivity contribution >= 4 is 5.91 Å². The van der Waals surface area contributed by atoms with Crippen LogP contribution in [0.2, 0.25) is 0 Å². The second kappa shape index (κ2) is 4.73. The molecule has 3 rings (SSSR count). The Balaban J connectivity index is 1.77. The standard InChI is InChI=1S/C15H20N2O/c1-2-11-5-7-13(8-6-11)15-16-9-14(18)17(15)10-12-3-4-12/h5-8,12,15-16H,2-4,9-10H2,1H3. The SMILES string of the molecule is CCc1ccc(C2NCC(=O)N2CC2CC2)cc1. The summed E-state index contributed by atoms with van der Waals surface area (Å²) in [5.41, 5.74) is 2.55. The lowest BCUT2D eigenvalue weighted by molar-refractivity contribution is -0.128. The van der Waals surface area contributed by atoms with Gasteiger partial charge < -0.3 is 4.90 Å². The zero-order chi connectivity index (χ0) is 12.5. The van der Waals surface area contributed by atoms with E-state index >= 15 is 0 Å². The molecule has 1 aromatic carbocycles. The van der Waals surface area contributed by atoms with Gasteiger partial charge in [-0.2, -0.15) is 0 Å². The van der Waals surface area contributed by atoms with Crippen LogP contribution in [-0.4, -0.2) is 23.9 Å². The molecular formula is C15H20N2O. The molecule has 1 N–H and O–H groups in total. The maximum Gasteiger partial charge on any atom is 0.238 e. The third kappa shape index (κ3) is 2.27. The molecule has 0 bridgehead atoms. The highest BCUT2D eigenvalue weighted by Crippen LogP contribution is 2.33. The second-order valence-electron chi connectivity index (χ2n) is 5.37. The van der Waals surface area contributed by atoms with Crippen molar-refractivity contribution < 1.29 is 4.79 Å². The highest BCUT2D eigenvalue weighted by molar-refractivity contribution is 5.81. The predicted molar refractivity (Wildman–Crippen MR) is 71.0 cm³/mol. The van der Waals surface area contributed by atoms with Crippen LogP contribution >= 0.6 is 0 Å². The first-order valence-electron chi connectivity index (χ1n) is 6.89. The maximum absolute atomic E-state index is 11.9. The van der Waals surface area contributed by atoms with Crippen LogP contribution in [0.1, 0.15) is 37.1 Å². The molecule has 18 heavy (non-hydrogen) atoms. The molecule has 0 aromatic heterocycles. The molecule has 1 aromatic rings. The summed E-state index contributed by atoms with van der Waals surface area (Å²) in [6.07, 6.45) is 3.71. The van der Waals surface area contributed by atoms with Gasteiger partial charge in [-0.15, -0.1) is 0 Å². The van der Waals surface area contributed by atoms with Crippen molar-refractivity contribution in [2.45, 2.75) is 32.4 Å². The molecule has 1 amide bonds. The lowest BCUT2D eigenvalue weighted by Gasteiger charge is -2.24. The molecule has 3 heteroatoms. The number of hydrogen-bond acceptors (Lipinski definition) is 2. The van der Waals surface area contributed by atoms with E-state index in [0.717, 1.165) is 18.9 Å². The number of nitrogens with zero attached hydrogens (tertiary/aromatic N) is 1. The van der Waals surface area contributed by atoms with E-state index in [9.17, 15) is 4.79 Å². The molecule has 1 saturated heterocycles. The highest BCUT2D eigenvalue weighted by atomic mass is 16.2. The Bertz CT molecular complexity index is 436. The van der Waals surface area contributed by atoms with Crippen molar-refractivity contribution in [2.24, 2.45) is 5.92 Å². The van der Waals surface area contributed by atoms with Crippen LogP contribution in [0.25, 0.3) is 0 Å². The fourth-order valence-electron chi connectivity index (χ4n) is 2.56. The van der Waals surface area contributed by atoms with E-state index in [-0.39, 0.29) is 12.1 Å². The van der Waals surface area contributed by atoms with Crippen molar-refractivity contribution in [2.75, 3.05) is 13.1 Å². The van der Waals surface area contributed by atoms with Gasteiger partial charge in [0.05, 0.1) is 6.54 Å². The Hall–Kier alpha value is -1.35. The molecule has 3 nitrogen and oxygen atoms in total.